The van der Waals surface area contributed by atoms with E-state index in [1.165, 1.54) is 6.07 Å². The van der Waals surface area contributed by atoms with Crippen LogP contribution in [0.15, 0.2) is 16.6 Å². The van der Waals surface area contributed by atoms with Crippen molar-refractivity contribution in [1.82, 2.24) is 4.90 Å². The van der Waals surface area contributed by atoms with E-state index in [-0.39, 0.29) is 23.3 Å². The lowest BCUT2D eigenvalue weighted by Gasteiger charge is -2.26. The lowest BCUT2D eigenvalue weighted by molar-refractivity contribution is -0.137. The minimum absolute atomic E-state index is 0.00832. The minimum Gasteiger partial charge on any atom is -0.479 e. The smallest absolute Gasteiger partial charge is 0.260 e. The Hall–Kier alpha value is -0.850. The molecule has 2 rings (SSSR count). The molecule has 0 spiro atoms. The zero-order valence-corrected chi connectivity index (χ0v) is 12.3. The molecule has 1 fully saturated rings. The fourth-order valence-corrected chi connectivity index (χ4v) is 2.59. The van der Waals surface area contributed by atoms with Crippen molar-refractivity contribution in [1.29, 1.82) is 0 Å². The fourth-order valence-electron chi connectivity index (χ4n) is 1.70. The molecule has 0 saturated carbocycles. The van der Waals surface area contributed by atoms with Crippen LogP contribution < -0.4 is 4.74 Å². The first-order valence-corrected chi connectivity index (χ1v) is 6.88. The maximum atomic E-state index is 13.6. The molecule has 19 heavy (non-hydrogen) atoms. The molecule has 1 aliphatic rings. The Balaban J connectivity index is 1.96. The highest BCUT2D eigenvalue weighted by atomic mass is 79.9. The summed E-state index contributed by atoms with van der Waals surface area (Å²) in [5.74, 6) is -0.801. The number of halogens is 3. The second-order valence-electron chi connectivity index (χ2n) is 3.98. The number of hydrogen-bond donors (Lipinski definition) is 0. The van der Waals surface area contributed by atoms with E-state index in [1.54, 1.807) is 4.90 Å². The van der Waals surface area contributed by atoms with Gasteiger partial charge in [-0.15, -0.1) is 0 Å². The summed E-state index contributed by atoms with van der Waals surface area (Å²) >= 11 is 8.84. The normalized spacial score (nSPS) is 15.4. The van der Waals surface area contributed by atoms with E-state index >= 15 is 0 Å². The average Bonchev–Trinajstić information content (AvgIpc) is 2.38. The lowest BCUT2D eigenvalue weighted by Crippen LogP contribution is -2.43. The van der Waals surface area contributed by atoms with Gasteiger partial charge in [-0.3, -0.25) is 4.79 Å². The maximum Gasteiger partial charge on any atom is 0.260 e. The van der Waals surface area contributed by atoms with Crippen LogP contribution in [0, 0.1) is 5.82 Å². The highest BCUT2D eigenvalue weighted by molar-refractivity contribution is 9.10. The quantitative estimate of drug-likeness (QED) is 0.839. The summed E-state index contributed by atoms with van der Waals surface area (Å²) < 4.78 is 24.4. The summed E-state index contributed by atoms with van der Waals surface area (Å²) in [6, 6.07) is 2.65. The molecule has 0 N–H and O–H groups in total. The van der Waals surface area contributed by atoms with Gasteiger partial charge in [-0.25, -0.2) is 4.39 Å². The zero-order chi connectivity index (χ0) is 13.8. The van der Waals surface area contributed by atoms with E-state index in [2.05, 4.69) is 15.9 Å². The maximum absolute atomic E-state index is 13.6. The van der Waals surface area contributed by atoms with Crippen molar-refractivity contribution >= 4 is 33.4 Å². The Morgan fingerprint density at radius 2 is 2.16 bits per heavy atom. The largest absolute Gasteiger partial charge is 0.479 e. The van der Waals surface area contributed by atoms with Gasteiger partial charge < -0.3 is 14.4 Å². The lowest BCUT2D eigenvalue weighted by atomic mass is 10.3. The van der Waals surface area contributed by atoms with E-state index in [1.807, 2.05) is 0 Å². The molecule has 0 aromatic heterocycles. The van der Waals surface area contributed by atoms with E-state index < -0.39 is 5.82 Å². The van der Waals surface area contributed by atoms with Crippen LogP contribution in [0.5, 0.6) is 5.75 Å². The average molecular weight is 353 g/mol. The second kappa shape index (κ2) is 6.54. The number of hydrogen-bond acceptors (Lipinski definition) is 3. The number of carbonyl (C=O) groups is 1. The third-order valence-corrected chi connectivity index (χ3v) is 3.47. The second-order valence-corrected chi connectivity index (χ2v) is 5.27. The molecule has 0 radical (unpaired) electrons. The molecule has 1 aliphatic heterocycles. The predicted octanol–water partition coefficient (Wildman–Crippen LogP) is 2.48. The van der Waals surface area contributed by atoms with Crippen molar-refractivity contribution in [3.8, 4) is 5.75 Å². The molecule has 104 valence electrons. The molecule has 0 bridgehead atoms. The molecule has 7 heteroatoms. The number of morpholine rings is 1. The van der Waals surface area contributed by atoms with Gasteiger partial charge in [0, 0.05) is 18.1 Å². The van der Waals surface area contributed by atoms with Gasteiger partial charge in [-0.2, -0.15) is 0 Å². The Labute approximate surface area is 123 Å². The summed E-state index contributed by atoms with van der Waals surface area (Å²) in [4.78, 5) is 13.5. The first-order valence-electron chi connectivity index (χ1n) is 5.71. The Bertz CT molecular complexity index is 457. The summed E-state index contributed by atoms with van der Waals surface area (Å²) in [6.07, 6.45) is 0. The van der Waals surface area contributed by atoms with Crippen LogP contribution in [0.3, 0.4) is 0 Å². The molecule has 0 atom stereocenters. The van der Waals surface area contributed by atoms with Gasteiger partial charge >= 0.3 is 0 Å². The molecule has 1 aromatic carbocycles. The summed E-state index contributed by atoms with van der Waals surface area (Å²) in [5.41, 5.74) is 0. The number of ether oxygens (including phenoxy) is 2. The van der Waals surface area contributed by atoms with Gasteiger partial charge in [0.05, 0.1) is 17.7 Å². The van der Waals surface area contributed by atoms with Crippen LogP contribution >= 0.6 is 27.5 Å². The fraction of sp³-hybridized carbons (Fsp3) is 0.417. The molecule has 0 unspecified atom stereocenters. The molecular formula is C12H12BrClFNO3. The number of carbonyl (C=O) groups excluding carboxylic acids is 1. The molecule has 1 aromatic rings. The van der Waals surface area contributed by atoms with E-state index in [0.29, 0.717) is 30.8 Å². The molecule has 1 saturated heterocycles. The Morgan fingerprint density at radius 1 is 1.47 bits per heavy atom. The monoisotopic (exact) mass is 351 g/mol. The Morgan fingerprint density at radius 3 is 2.79 bits per heavy atom. The van der Waals surface area contributed by atoms with Gasteiger partial charge in [0.1, 0.15) is 0 Å². The molecular weight excluding hydrogens is 340 g/mol. The van der Waals surface area contributed by atoms with Gasteiger partial charge in [0.15, 0.2) is 18.2 Å². The van der Waals surface area contributed by atoms with Crippen molar-refractivity contribution in [2.75, 3.05) is 32.9 Å². The van der Waals surface area contributed by atoms with Crippen molar-refractivity contribution in [3.05, 3.63) is 27.4 Å². The van der Waals surface area contributed by atoms with Crippen LogP contribution in [0.25, 0.3) is 0 Å². The highest BCUT2D eigenvalue weighted by Crippen LogP contribution is 2.31. The minimum atomic E-state index is -0.603. The van der Waals surface area contributed by atoms with Gasteiger partial charge in [-0.05, 0) is 28.1 Å². The van der Waals surface area contributed by atoms with Gasteiger partial charge in [0.25, 0.3) is 5.91 Å². The zero-order valence-electron chi connectivity index (χ0n) is 10.00. The van der Waals surface area contributed by atoms with Crippen molar-refractivity contribution in [2.24, 2.45) is 0 Å². The molecule has 1 amide bonds. The number of nitrogens with zero attached hydrogens (tertiary/aromatic N) is 1. The van der Waals surface area contributed by atoms with Gasteiger partial charge in [-0.1, -0.05) is 11.6 Å². The van der Waals surface area contributed by atoms with E-state index in [4.69, 9.17) is 21.1 Å². The van der Waals surface area contributed by atoms with Crippen LogP contribution in [0.4, 0.5) is 4.39 Å². The molecule has 4 nitrogen and oxygen atoms in total. The van der Waals surface area contributed by atoms with Crippen molar-refractivity contribution in [2.45, 2.75) is 0 Å². The van der Waals surface area contributed by atoms with Crippen LogP contribution in [0.1, 0.15) is 0 Å². The number of benzene rings is 1. The topological polar surface area (TPSA) is 38.8 Å². The Kier molecular flexibility index (Phi) is 5.01. The first kappa shape index (κ1) is 14.6. The standard InChI is InChI=1S/C12H12BrClFNO3/c13-9-5-8(14)6-10(15)12(9)19-7-11(17)16-1-3-18-4-2-16/h5-6H,1-4,7H2. The van der Waals surface area contributed by atoms with Crippen LogP contribution in [-0.2, 0) is 9.53 Å². The van der Waals surface area contributed by atoms with Crippen LogP contribution in [0.2, 0.25) is 5.02 Å². The van der Waals surface area contributed by atoms with Crippen molar-refractivity contribution < 1.29 is 18.7 Å². The third-order valence-electron chi connectivity index (χ3n) is 2.67. The highest BCUT2D eigenvalue weighted by Gasteiger charge is 2.18. The van der Waals surface area contributed by atoms with Gasteiger partial charge in [0.2, 0.25) is 0 Å². The first-order chi connectivity index (χ1) is 9.08. The predicted molar refractivity (Wildman–Crippen MR) is 72.0 cm³/mol. The summed E-state index contributed by atoms with van der Waals surface area (Å²) in [5, 5.41) is 0.260. The van der Waals surface area contributed by atoms with Crippen LogP contribution in [-0.4, -0.2) is 43.7 Å². The van der Waals surface area contributed by atoms with E-state index in [9.17, 15) is 9.18 Å². The molecule has 0 aliphatic carbocycles. The van der Waals surface area contributed by atoms with Crippen molar-refractivity contribution in [3.63, 3.8) is 0 Å². The SMILES string of the molecule is O=C(COc1c(F)cc(Cl)cc1Br)N1CCOCC1. The summed E-state index contributed by atoms with van der Waals surface area (Å²) in [6.45, 7) is 1.89. The molecule has 1 heterocycles. The number of rotatable bonds is 3. The summed E-state index contributed by atoms with van der Waals surface area (Å²) in [7, 11) is 0. The van der Waals surface area contributed by atoms with E-state index in [0.717, 1.165) is 6.07 Å². The number of amides is 1. The third kappa shape index (κ3) is 3.81.